The van der Waals surface area contributed by atoms with Crippen molar-refractivity contribution < 1.29 is 10.2 Å². The van der Waals surface area contributed by atoms with Gasteiger partial charge in [0.2, 0.25) is 0 Å². The lowest BCUT2D eigenvalue weighted by molar-refractivity contribution is 0.103. The fourth-order valence-corrected chi connectivity index (χ4v) is 3.68. The highest BCUT2D eigenvalue weighted by Gasteiger charge is 2.24. The highest BCUT2D eigenvalue weighted by Crippen LogP contribution is 2.48. The van der Waals surface area contributed by atoms with E-state index in [0.29, 0.717) is 6.54 Å². The first kappa shape index (κ1) is 19.2. The zero-order valence-electron chi connectivity index (χ0n) is 14.4. The lowest BCUT2D eigenvalue weighted by Crippen LogP contribution is -2.48. The molecule has 3 nitrogen and oxygen atoms in total. The predicted octanol–water partition coefficient (Wildman–Crippen LogP) is 4.40. The van der Waals surface area contributed by atoms with Gasteiger partial charge in [-0.25, -0.2) is 0 Å². The van der Waals surface area contributed by atoms with Gasteiger partial charge in [-0.1, -0.05) is 48.0 Å². The molecule has 0 fully saturated rings. The normalized spacial score (nSPS) is 12.2. The van der Waals surface area contributed by atoms with Crippen molar-refractivity contribution in [3.8, 4) is 22.3 Å². The van der Waals surface area contributed by atoms with Crippen LogP contribution in [0.5, 0.6) is 0 Å². The maximum Gasteiger partial charge on any atom is 0.0633 e. The minimum absolute atomic E-state index is 0. The van der Waals surface area contributed by atoms with E-state index in [-0.39, 0.29) is 25.6 Å². The molecule has 1 aliphatic carbocycles. The maximum atomic E-state index is 9.43. The van der Waals surface area contributed by atoms with E-state index in [0.717, 1.165) is 16.0 Å². The molecule has 0 heterocycles. The van der Waals surface area contributed by atoms with Crippen LogP contribution in [-0.4, -0.2) is 29.0 Å². The smallest absolute Gasteiger partial charge is 0.0633 e. The highest BCUT2D eigenvalue weighted by atomic mass is 35.5. The third-order valence-corrected chi connectivity index (χ3v) is 5.40. The SMILES string of the molecule is CC(CO)(CO)NCc1ccc2c(c1)-c1ccc(Cl)c3cccc-2c13.Cl. The molecule has 0 aromatic heterocycles. The van der Waals surface area contributed by atoms with E-state index in [2.05, 4.69) is 41.7 Å². The fourth-order valence-electron chi connectivity index (χ4n) is 3.46. The topological polar surface area (TPSA) is 52.5 Å². The molecule has 1 aliphatic rings. The van der Waals surface area contributed by atoms with E-state index < -0.39 is 5.54 Å². The lowest BCUT2D eigenvalue weighted by Gasteiger charge is -2.26. The van der Waals surface area contributed by atoms with Crippen LogP contribution in [0.4, 0.5) is 0 Å². The van der Waals surface area contributed by atoms with Crippen LogP contribution in [0.25, 0.3) is 33.0 Å². The van der Waals surface area contributed by atoms with E-state index in [1.165, 1.54) is 27.6 Å². The first-order chi connectivity index (χ1) is 12.1. The van der Waals surface area contributed by atoms with Crippen LogP contribution in [0.1, 0.15) is 12.5 Å². The number of fused-ring (bicyclic) bond motifs is 3. The van der Waals surface area contributed by atoms with Crippen LogP contribution in [-0.2, 0) is 6.54 Å². The van der Waals surface area contributed by atoms with Crippen molar-refractivity contribution in [1.29, 1.82) is 0 Å². The highest BCUT2D eigenvalue weighted by molar-refractivity contribution is 6.37. The number of hydrogen-bond acceptors (Lipinski definition) is 3. The summed E-state index contributed by atoms with van der Waals surface area (Å²) in [6.45, 7) is 2.16. The minimum atomic E-state index is -0.685. The number of hydrogen-bond donors (Lipinski definition) is 3. The van der Waals surface area contributed by atoms with Gasteiger partial charge in [-0.3, -0.25) is 0 Å². The second-order valence-corrected chi connectivity index (χ2v) is 7.34. The summed E-state index contributed by atoms with van der Waals surface area (Å²) in [6, 6.07) is 16.7. The zero-order chi connectivity index (χ0) is 17.6. The molecule has 0 aliphatic heterocycles. The van der Waals surface area contributed by atoms with Gasteiger partial charge in [-0.05, 0) is 52.3 Å². The van der Waals surface area contributed by atoms with E-state index in [1.807, 2.05) is 12.1 Å². The van der Waals surface area contributed by atoms with Crippen molar-refractivity contribution in [2.45, 2.75) is 19.0 Å². The second-order valence-electron chi connectivity index (χ2n) is 6.93. The van der Waals surface area contributed by atoms with Gasteiger partial charge in [0, 0.05) is 17.0 Å². The van der Waals surface area contributed by atoms with Gasteiger partial charge >= 0.3 is 0 Å². The molecule has 5 heteroatoms. The Bertz CT molecular complexity index is 968. The van der Waals surface area contributed by atoms with Crippen molar-refractivity contribution in [1.82, 2.24) is 5.32 Å². The summed E-state index contributed by atoms with van der Waals surface area (Å²) in [6.07, 6.45) is 0. The van der Waals surface area contributed by atoms with Crippen LogP contribution in [0, 0.1) is 0 Å². The largest absolute Gasteiger partial charge is 0.394 e. The Kier molecular flexibility index (Phi) is 5.29. The van der Waals surface area contributed by atoms with Crippen molar-refractivity contribution in [3.05, 3.63) is 59.1 Å². The third kappa shape index (κ3) is 3.00. The van der Waals surface area contributed by atoms with Gasteiger partial charge in [-0.15, -0.1) is 12.4 Å². The van der Waals surface area contributed by atoms with Gasteiger partial charge in [-0.2, -0.15) is 0 Å². The molecule has 0 saturated carbocycles. The van der Waals surface area contributed by atoms with E-state index in [9.17, 15) is 10.2 Å². The molecule has 0 radical (unpaired) electrons. The number of rotatable bonds is 5. The molecule has 0 saturated heterocycles. The van der Waals surface area contributed by atoms with Crippen molar-refractivity contribution in [2.24, 2.45) is 0 Å². The van der Waals surface area contributed by atoms with E-state index >= 15 is 0 Å². The van der Waals surface area contributed by atoms with Crippen molar-refractivity contribution >= 4 is 34.8 Å². The van der Waals surface area contributed by atoms with Crippen LogP contribution >= 0.6 is 24.0 Å². The van der Waals surface area contributed by atoms with E-state index in [1.54, 1.807) is 6.92 Å². The van der Waals surface area contributed by atoms with Gasteiger partial charge in [0.15, 0.2) is 0 Å². The summed E-state index contributed by atoms with van der Waals surface area (Å²) >= 11 is 6.38. The maximum absolute atomic E-state index is 9.43. The quantitative estimate of drug-likeness (QED) is 0.474. The standard InChI is InChI=1S/C21H20ClNO2.ClH/c1-21(11-24,12-25)23-10-13-5-6-14-15-3-2-4-17-19(22)8-7-16(20(15)17)18(14)9-13;/h2-9,23-25H,10-12H2,1H3;1H. The average Bonchev–Trinajstić information content (AvgIpc) is 2.97. The number of aliphatic hydroxyl groups excluding tert-OH is 2. The monoisotopic (exact) mass is 389 g/mol. The molecule has 26 heavy (non-hydrogen) atoms. The number of aliphatic hydroxyl groups is 2. The zero-order valence-corrected chi connectivity index (χ0v) is 16.0. The lowest BCUT2D eigenvalue weighted by atomic mass is 10.00. The molecule has 4 rings (SSSR count). The average molecular weight is 390 g/mol. The number of benzene rings is 3. The van der Waals surface area contributed by atoms with Crippen LogP contribution < -0.4 is 5.32 Å². The third-order valence-electron chi connectivity index (χ3n) is 5.07. The van der Waals surface area contributed by atoms with Crippen LogP contribution in [0.2, 0.25) is 5.02 Å². The summed E-state index contributed by atoms with van der Waals surface area (Å²) in [5, 5.41) is 25.2. The molecule has 3 N–H and O–H groups in total. The van der Waals surface area contributed by atoms with Gasteiger partial charge in [0.25, 0.3) is 0 Å². The predicted molar refractivity (Wildman–Crippen MR) is 110 cm³/mol. The van der Waals surface area contributed by atoms with Gasteiger partial charge in [0.05, 0.1) is 18.8 Å². The molecule has 3 aromatic rings. The summed E-state index contributed by atoms with van der Waals surface area (Å²) in [5.41, 5.74) is 5.28. The van der Waals surface area contributed by atoms with Crippen molar-refractivity contribution in [3.63, 3.8) is 0 Å². The molecule has 0 unspecified atom stereocenters. The fraction of sp³-hybridized carbons (Fsp3) is 0.238. The molecule has 0 spiro atoms. The minimum Gasteiger partial charge on any atom is -0.394 e. The molecule has 0 bridgehead atoms. The Morgan fingerprint density at radius 2 is 1.62 bits per heavy atom. The van der Waals surface area contributed by atoms with Crippen molar-refractivity contribution in [2.75, 3.05) is 13.2 Å². The van der Waals surface area contributed by atoms with Crippen LogP contribution in [0.3, 0.4) is 0 Å². The molecular formula is C21H21Cl2NO2. The number of nitrogens with one attached hydrogen (secondary N) is 1. The molecule has 3 aromatic carbocycles. The molecule has 0 atom stereocenters. The van der Waals surface area contributed by atoms with Gasteiger partial charge < -0.3 is 15.5 Å². The Balaban J connectivity index is 0.00000196. The molecular weight excluding hydrogens is 369 g/mol. The Labute approximate surface area is 164 Å². The summed E-state index contributed by atoms with van der Waals surface area (Å²) in [4.78, 5) is 0. The Morgan fingerprint density at radius 1 is 0.923 bits per heavy atom. The summed E-state index contributed by atoms with van der Waals surface area (Å²) in [7, 11) is 0. The summed E-state index contributed by atoms with van der Waals surface area (Å²) < 4.78 is 0. The Morgan fingerprint density at radius 3 is 2.35 bits per heavy atom. The number of halogens is 2. The molecule has 136 valence electrons. The first-order valence-corrected chi connectivity index (χ1v) is 8.76. The van der Waals surface area contributed by atoms with Crippen LogP contribution in [0.15, 0.2) is 48.5 Å². The molecule has 0 amide bonds. The van der Waals surface area contributed by atoms with E-state index in [4.69, 9.17) is 11.6 Å². The first-order valence-electron chi connectivity index (χ1n) is 8.38. The Hall–Kier alpha value is -1.62. The summed E-state index contributed by atoms with van der Waals surface area (Å²) in [5.74, 6) is 0. The van der Waals surface area contributed by atoms with Gasteiger partial charge in [0.1, 0.15) is 0 Å². The second kappa shape index (κ2) is 7.18.